The van der Waals surface area contributed by atoms with Crippen LogP contribution in [0.25, 0.3) is 22.3 Å². The normalized spacial score (nSPS) is 21.0. The summed E-state index contributed by atoms with van der Waals surface area (Å²) >= 11 is 0. The van der Waals surface area contributed by atoms with Crippen molar-refractivity contribution in [3.8, 4) is 11.4 Å². The van der Waals surface area contributed by atoms with E-state index in [1.165, 1.54) is 10.6 Å². The first-order chi connectivity index (χ1) is 19.5. The Hall–Kier alpha value is -4.36. The molecule has 13 heteroatoms. The molecule has 0 fully saturated rings. The molecule has 4 heterocycles. The molecule has 12 nitrogen and oxygen atoms in total. The Bertz CT molecular complexity index is 1750. The highest BCUT2D eigenvalue weighted by Crippen LogP contribution is 2.45. The van der Waals surface area contributed by atoms with E-state index in [2.05, 4.69) is 5.32 Å². The Morgan fingerprint density at radius 3 is 2.73 bits per heavy atom. The lowest BCUT2D eigenvalue weighted by Gasteiger charge is -2.31. The molecule has 1 aromatic carbocycles. The number of aromatic nitrogens is 2. The zero-order valence-electron chi connectivity index (χ0n) is 22.2. The van der Waals surface area contributed by atoms with Crippen molar-refractivity contribution in [3.05, 3.63) is 61.7 Å². The van der Waals surface area contributed by atoms with Gasteiger partial charge in [0.05, 0.1) is 41.6 Å². The Morgan fingerprint density at radius 2 is 2.02 bits per heavy atom. The van der Waals surface area contributed by atoms with Crippen LogP contribution in [-0.2, 0) is 39.5 Å². The van der Waals surface area contributed by atoms with Crippen LogP contribution in [0.3, 0.4) is 0 Å². The summed E-state index contributed by atoms with van der Waals surface area (Å²) in [6.07, 6.45) is -2.29. The largest absolute Gasteiger partial charge is 0.465 e. The van der Waals surface area contributed by atoms with Crippen molar-refractivity contribution in [2.45, 2.75) is 64.0 Å². The first kappa shape index (κ1) is 26.8. The SMILES string of the molecule is CC[C@@]1(O)C(=O)OCc2c1cc1n(c2=O)Cc2c-1nc1cc(F)c(C)c3c1c2[C@@H](NC(=O)C(O)CNC(=O)O)CC3. The molecule has 0 bridgehead atoms. The van der Waals surface area contributed by atoms with Crippen LogP contribution in [0.1, 0.15) is 59.2 Å². The Balaban J connectivity index is 1.54. The van der Waals surface area contributed by atoms with E-state index in [-0.39, 0.29) is 30.7 Å². The van der Waals surface area contributed by atoms with E-state index in [0.29, 0.717) is 51.8 Å². The zero-order chi connectivity index (χ0) is 29.4. The number of nitrogens with one attached hydrogen (secondary N) is 2. The average Bonchev–Trinajstić information content (AvgIpc) is 3.31. The second-order valence-electron chi connectivity index (χ2n) is 10.6. The van der Waals surface area contributed by atoms with Crippen LogP contribution in [0.5, 0.6) is 0 Å². The predicted octanol–water partition coefficient (Wildman–Crippen LogP) is 1.26. The number of amides is 2. The maximum atomic E-state index is 15.0. The first-order valence-corrected chi connectivity index (χ1v) is 13.2. The number of hydrogen-bond acceptors (Lipinski definition) is 8. The topological polar surface area (TPSA) is 180 Å². The van der Waals surface area contributed by atoms with Crippen molar-refractivity contribution in [3.63, 3.8) is 0 Å². The van der Waals surface area contributed by atoms with Crippen LogP contribution in [-0.4, -0.2) is 55.5 Å². The van der Waals surface area contributed by atoms with Gasteiger partial charge in [-0.25, -0.2) is 19.0 Å². The summed E-state index contributed by atoms with van der Waals surface area (Å²) in [5.41, 5.74) is 1.25. The summed E-state index contributed by atoms with van der Waals surface area (Å²) in [6.45, 7) is 2.54. The quantitative estimate of drug-likeness (QED) is 0.222. The first-order valence-electron chi connectivity index (χ1n) is 13.2. The third-order valence-corrected chi connectivity index (χ3v) is 8.44. The maximum absolute atomic E-state index is 15.0. The fraction of sp³-hybridized carbons (Fsp3) is 0.393. The number of aliphatic hydroxyl groups excluding tert-OH is 1. The van der Waals surface area contributed by atoms with Crippen LogP contribution in [0.2, 0.25) is 0 Å². The summed E-state index contributed by atoms with van der Waals surface area (Å²) in [4.78, 5) is 54.6. The number of esters is 1. The molecule has 1 unspecified atom stereocenters. The molecule has 1 aliphatic carbocycles. The zero-order valence-corrected chi connectivity index (χ0v) is 22.2. The van der Waals surface area contributed by atoms with Crippen molar-refractivity contribution in [2.24, 2.45) is 0 Å². The maximum Gasteiger partial charge on any atom is 0.404 e. The van der Waals surface area contributed by atoms with Gasteiger partial charge in [-0.3, -0.25) is 9.59 Å². The van der Waals surface area contributed by atoms with Gasteiger partial charge in [-0.15, -0.1) is 0 Å². The number of fused-ring (bicyclic) bond motifs is 5. The summed E-state index contributed by atoms with van der Waals surface area (Å²) < 4.78 is 21.6. The number of halogens is 1. The van der Waals surface area contributed by atoms with Crippen LogP contribution in [0.4, 0.5) is 9.18 Å². The van der Waals surface area contributed by atoms with Crippen LogP contribution < -0.4 is 16.2 Å². The van der Waals surface area contributed by atoms with E-state index in [1.54, 1.807) is 19.9 Å². The molecule has 3 atom stereocenters. The van der Waals surface area contributed by atoms with Gasteiger partial charge in [-0.2, -0.15) is 0 Å². The van der Waals surface area contributed by atoms with Gasteiger partial charge in [0.2, 0.25) is 0 Å². The number of ether oxygens (including phenoxy) is 1. The van der Waals surface area contributed by atoms with E-state index < -0.39 is 53.6 Å². The standard InChI is InChI=1S/C28H27FN4O8/c1-3-28(40)15-6-19-23-13(9-33(19)25(36)14(15)10-41-26(28)37)22-17(32-24(35)20(34)8-30-27(38)39)5-4-12-11(2)16(29)7-18(31-23)21(12)22/h6-7,17,20,30,34,40H,3-5,8-10H2,1-2H3,(H,32,35)(H,38,39)/t17-,20?,28-/m0/s1. The fourth-order valence-electron chi connectivity index (χ4n) is 6.24. The third kappa shape index (κ3) is 3.90. The molecule has 2 aliphatic heterocycles. The number of pyridine rings is 2. The number of cyclic esters (lactones) is 1. The summed E-state index contributed by atoms with van der Waals surface area (Å²) in [7, 11) is 0. The number of carbonyl (C=O) groups excluding carboxylic acids is 2. The number of rotatable bonds is 5. The second kappa shape index (κ2) is 9.35. The average molecular weight is 567 g/mol. The van der Waals surface area contributed by atoms with Crippen molar-refractivity contribution in [2.75, 3.05) is 6.54 Å². The molecule has 41 heavy (non-hydrogen) atoms. The molecule has 2 aromatic heterocycles. The van der Waals surface area contributed by atoms with E-state index in [9.17, 15) is 29.4 Å². The minimum atomic E-state index is -2.01. The highest BCUT2D eigenvalue weighted by Gasteiger charge is 2.46. The second-order valence-corrected chi connectivity index (χ2v) is 10.6. The molecule has 0 saturated heterocycles. The molecule has 214 valence electrons. The lowest BCUT2D eigenvalue weighted by Crippen LogP contribution is -2.44. The lowest BCUT2D eigenvalue weighted by atomic mass is 9.81. The Labute approximate surface area is 231 Å². The number of carbonyl (C=O) groups is 3. The van der Waals surface area contributed by atoms with Gasteiger partial charge >= 0.3 is 12.1 Å². The molecular formula is C28H27FN4O8. The fourth-order valence-corrected chi connectivity index (χ4v) is 6.24. The van der Waals surface area contributed by atoms with Crippen LogP contribution in [0, 0.1) is 12.7 Å². The number of hydrogen-bond donors (Lipinski definition) is 5. The highest BCUT2D eigenvalue weighted by molar-refractivity contribution is 5.94. The minimum absolute atomic E-state index is 0.0218. The van der Waals surface area contributed by atoms with E-state index in [1.807, 2.05) is 5.32 Å². The van der Waals surface area contributed by atoms with Gasteiger partial charge in [-0.1, -0.05) is 6.92 Å². The molecule has 2 amide bonds. The Kier molecular flexibility index (Phi) is 6.12. The van der Waals surface area contributed by atoms with Crippen LogP contribution >= 0.6 is 0 Å². The Morgan fingerprint density at radius 1 is 1.27 bits per heavy atom. The molecular weight excluding hydrogens is 539 g/mol. The lowest BCUT2D eigenvalue weighted by molar-refractivity contribution is -0.172. The van der Waals surface area contributed by atoms with Gasteiger partial charge in [0, 0.05) is 22.6 Å². The third-order valence-electron chi connectivity index (χ3n) is 8.44. The molecule has 0 saturated carbocycles. The van der Waals surface area contributed by atoms with Crippen LogP contribution in [0.15, 0.2) is 16.9 Å². The smallest absolute Gasteiger partial charge is 0.404 e. The van der Waals surface area contributed by atoms with Crippen molar-refractivity contribution in [1.82, 2.24) is 20.2 Å². The van der Waals surface area contributed by atoms with Crippen molar-refractivity contribution in [1.29, 1.82) is 0 Å². The molecule has 3 aliphatic rings. The van der Waals surface area contributed by atoms with Gasteiger partial charge in [0.15, 0.2) is 5.60 Å². The van der Waals surface area contributed by atoms with Gasteiger partial charge in [0.25, 0.3) is 11.5 Å². The predicted molar refractivity (Wildman–Crippen MR) is 140 cm³/mol. The summed E-state index contributed by atoms with van der Waals surface area (Å²) in [5, 5.41) is 35.6. The monoisotopic (exact) mass is 566 g/mol. The molecule has 6 rings (SSSR count). The number of carboxylic acid groups (broad SMARTS) is 1. The van der Waals surface area contributed by atoms with Crippen molar-refractivity contribution >= 4 is 28.9 Å². The number of benzene rings is 1. The molecule has 5 N–H and O–H groups in total. The van der Waals surface area contributed by atoms with Gasteiger partial charge in [0.1, 0.15) is 18.5 Å². The minimum Gasteiger partial charge on any atom is -0.465 e. The van der Waals surface area contributed by atoms with E-state index in [4.69, 9.17) is 14.8 Å². The number of aliphatic hydroxyl groups is 2. The number of aryl methyl sites for hydroxylation is 1. The van der Waals surface area contributed by atoms with Gasteiger partial charge < -0.3 is 35.3 Å². The summed E-state index contributed by atoms with van der Waals surface area (Å²) in [5.74, 6) is -2.10. The highest BCUT2D eigenvalue weighted by atomic mass is 19.1. The van der Waals surface area contributed by atoms with E-state index in [0.717, 1.165) is 5.56 Å². The van der Waals surface area contributed by atoms with Crippen molar-refractivity contribution < 1.29 is 38.8 Å². The molecule has 3 aromatic rings. The van der Waals surface area contributed by atoms with E-state index >= 15 is 4.39 Å². The number of nitrogens with zero attached hydrogens (tertiary/aromatic N) is 2. The van der Waals surface area contributed by atoms with Gasteiger partial charge in [-0.05, 0) is 48.9 Å². The summed E-state index contributed by atoms with van der Waals surface area (Å²) in [6, 6.07) is 2.20. The molecule has 0 radical (unpaired) electrons. The molecule has 0 spiro atoms.